The highest BCUT2D eigenvalue weighted by molar-refractivity contribution is 6.30. The second-order valence-electron chi connectivity index (χ2n) is 7.89. The molecular formula is C20H29ClN2O. The van der Waals surface area contributed by atoms with Gasteiger partial charge in [-0.1, -0.05) is 37.6 Å². The number of halogens is 1. The number of hydrogen-bond acceptors (Lipinski definition) is 2. The number of amides is 1. The molecule has 2 heterocycles. The minimum Gasteiger partial charge on any atom is -0.341 e. The normalized spacial score (nSPS) is 24.9. The first-order valence-electron chi connectivity index (χ1n) is 9.26. The Morgan fingerprint density at radius 2 is 1.83 bits per heavy atom. The maximum atomic E-state index is 12.8. The molecule has 1 aromatic carbocycles. The number of benzene rings is 1. The van der Waals surface area contributed by atoms with Crippen LogP contribution in [0.2, 0.25) is 5.02 Å². The van der Waals surface area contributed by atoms with Crippen LogP contribution >= 0.6 is 11.6 Å². The first kappa shape index (κ1) is 17.8. The van der Waals surface area contributed by atoms with Crippen molar-refractivity contribution in [1.82, 2.24) is 9.80 Å². The van der Waals surface area contributed by atoms with Crippen molar-refractivity contribution in [2.45, 2.75) is 51.5 Å². The van der Waals surface area contributed by atoms with E-state index < -0.39 is 0 Å². The molecule has 0 N–H and O–H groups in total. The third kappa shape index (κ3) is 3.94. The summed E-state index contributed by atoms with van der Waals surface area (Å²) in [5.41, 5.74) is 1.28. The summed E-state index contributed by atoms with van der Waals surface area (Å²) in [6, 6.07) is 7.65. The van der Waals surface area contributed by atoms with Gasteiger partial charge in [-0.3, -0.25) is 9.69 Å². The van der Waals surface area contributed by atoms with E-state index in [9.17, 15) is 4.79 Å². The Morgan fingerprint density at radius 1 is 1.17 bits per heavy atom. The lowest BCUT2D eigenvalue weighted by Gasteiger charge is -2.46. The van der Waals surface area contributed by atoms with Crippen LogP contribution in [0.25, 0.3) is 0 Å². The minimum atomic E-state index is 0.234. The molecule has 0 unspecified atom stereocenters. The van der Waals surface area contributed by atoms with Gasteiger partial charge >= 0.3 is 0 Å². The molecule has 1 amide bonds. The molecule has 1 aromatic rings. The van der Waals surface area contributed by atoms with Crippen LogP contribution in [0.1, 0.15) is 45.1 Å². The van der Waals surface area contributed by atoms with Gasteiger partial charge in [0.05, 0.1) is 6.42 Å². The molecule has 1 atom stereocenters. The van der Waals surface area contributed by atoms with Crippen LogP contribution in [0, 0.1) is 5.92 Å². The smallest absolute Gasteiger partial charge is 0.227 e. The van der Waals surface area contributed by atoms with E-state index in [2.05, 4.69) is 23.6 Å². The Balaban J connectivity index is 1.66. The molecule has 2 aliphatic heterocycles. The second kappa shape index (κ2) is 7.45. The van der Waals surface area contributed by atoms with Gasteiger partial charge in [0.15, 0.2) is 0 Å². The van der Waals surface area contributed by atoms with Crippen molar-refractivity contribution in [3.63, 3.8) is 0 Å². The van der Waals surface area contributed by atoms with Gasteiger partial charge in [-0.2, -0.15) is 0 Å². The zero-order valence-electron chi connectivity index (χ0n) is 14.9. The third-order valence-corrected chi connectivity index (χ3v) is 5.76. The molecule has 2 fully saturated rings. The number of carbonyl (C=O) groups is 1. The lowest BCUT2D eigenvalue weighted by molar-refractivity contribution is -0.134. The largest absolute Gasteiger partial charge is 0.341 e. The predicted octanol–water partition coefficient (Wildman–Crippen LogP) is 4.00. The summed E-state index contributed by atoms with van der Waals surface area (Å²) < 4.78 is 0. The summed E-state index contributed by atoms with van der Waals surface area (Å²) in [5.74, 6) is 0.938. The fourth-order valence-corrected chi connectivity index (χ4v) is 4.52. The average molecular weight is 349 g/mol. The van der Waals surface area contributed by atoms with Crippen LogP contribution < -0.4 is 0 Å². The molecule has 3 nitrogen and oxygen atoms in total. The summed E-state index contributed by atoms with van der Waals surface area (Å²) >= 11 is 5.94. The van der Waals surface area contributed by atoms with Gasteiger partial charge in [0, 0.05) is 30.2 Å². The monoisotopic (exact) mass is 348 g/mol. The van der Waals surface area contributed by atoms with Crippen molar-refractivity contribution in [3.8, 4) is 0 Å². The van der Waals surface area contributed by atoms with Gasteiger partial charge in [0.2, 0.25) is 5.91 Å². The highest BCUT2D eigenvalue weighted by Gasteiger charge is 2.44. The van der Waals surface area contributed by atoms with E-state index in [1.54, 1.807) is 0 Å². The summed E-state index contributed by atoms with van der Waals surface area (Å²) in [7, 11) is 0. The van der Waals surface area contributed by atoms with E-state index in [-0.39, 0.29) is 11.4 Å². The average Bonchev–Trinajstić information content (AvgIpc) is 2.91. The first-order chi connectivity index (χ1) is 11.5. The highest BCUT2D eigenvalue weighted by Crippen LogP contribution is 2.37. The maximum absolute atomic E-state index is 12.8. The van der Waals surface area contributed by atoms with E-state index in [1.807, 2.05) is 24.3 Å². The molecule has 0 saturated carbocycles. The topological polar surface area (TPSA) is 23.6 Å². The summed E-state index contributed by atoms with van der Waals surface area (Å²) in [6.07, 6.45) is 5.36. The summed E-state index contributed by atoms with van der Waals surface area (Å²) in [4.78, 5) is 17.6. The zero-order valence-corrected chi connectivity index (χ0v) is 15.7. The number of rotatable bonds is 4. The quantitative estimate of drug-likeness (QED) is 0.821. The molecule has 2 saturated heterocycles. The fraction of sp³-hybridized carbons (Fsp3) is 0.650. The van der Waals surface area contributed by atoms with Crippen molar-refractivity contribution in [2.75, 3.05) is 26.2 Å². The van der Waals surface area contributed by atoms with E-state index in [0.29, 0.717) is 12.3 Å². The van der Waals surface area contributed by atoms with Gasteiger partial charge in [-0.05, 0) is 55.8 Å². The number of nitrogens with zero attached hydrogens (tertiary/aromatic N) is 2. The molecule has 132 valence electrons. The van der Waals surface area contributed by atoms with Gasteiger partial charge < -0.3 is 4.90 Å². The standard InChI is InChI=1S/C20H29ClN2O/c1-16(2)14-23-12-4-10-20(23)9-3-11-22(15-20)19(24)13-17-5-7-18(21)8-6-17/h5-8,16H,3-4,9-15H2,1-2H3/t20-/m0/s1. The second-order valence-corrected chi connectivity index (χ2v) is 8.33. The molecule has 0 radical (unpaired) electrons. The lowest BCUT2D eigenvalue weighted by Crippen LogP contribution is -2.57. The SMILES string of the molecule is CC(C)CN1CCC[C@]12CCCN(C(=O)Cc1ccc(Cl)cc1)C2. The Kier molecular flexibility index (Phi) is 5.51. The molecule has 0 bridgehead atoms. The van der Waals surface area contributed by atoms with Crippen LogP contribution in [0.3, 0.4) is 0 Å². The molecular weight excluding hydrogens is 320 g/mol. The predicted molar refractivity (Wildman–Crippen MR) is 99.3 cm³/mol. The first-order valence-corrected chi connectivity index (χ1v) is 9.64. The van der Waals surface area contributed by atoms with Crippen LogP contribution in [-0.2, 0) is 11.2 Å². The molecule has 0 aromatic heterocycles. The summed E-state index contributed by atoms with van der Waals surface area (Å²) in [5, 5.41) is 0.721. The molecule has 24 heavy (non-hydrogen) atoms. The van der Waals surface area contributed by atoms with Crippen molar-refractivity contribution in [1.29, 1.82) is 0 Å². The molecule has 3 rings (SSSR count). The van der Waals surface area contributed by atoms with E-state index in [0.717, 1.165) is 36.6 Å². The Bertz CT molecular complexity index is 572. The number of likely N-dealkylation sites (tertiary alicyclic amines) is 2. The molecule has 1 spiro atoms. The number of hydrogen-bond donors (Lipinski definition) is 0. The van der Waals surface area contributed by atoms with Gasteiger partial charge in [-0.25, -0.2) is 0 Å². The molecule has 0 aliphatic carbocycles. The third-order valence-electron chi connectivity index (χ3n) is 5.50. The Hall–Kier alpha value is -1.06. The van der Waals surface area contributed by atoms with Gasteiger partial charge in [0.25, 0.3) is 0 Å². The van der Waals surface area contributed by atoms with Crippen molar-refractivity contribution in [2.24, 2.45) is 5.92 Å². The Morgan fingerprint density at radius 3 is 2.50 bits per heavy atom. The van der Waals surface area contributed by atoms with Crippen LogP contribution in [-0.4, -0.2) is 47.4 Å². The maximum Gasteiger partial charge on any atom is 0.227 e. The highest BCUT2D eigenvalue weighted by atomic mass is 35.5. The zero-order chi connectivity index (χ0) is 17.2. The van der Waals surface area contributed by atoms with Crippen molar-refractivity contribution in [3.05, 3.63) is 34.9 Å². The lowest BCUT2D eigenvalue weighted by atomic mass is 9.85. The van der Waals surface area contributed by atoms with E-state index in [4.69, 9.17) is 11.6 Å². The minimum absolute atomic E-state index is 0.234. The van der Waals surface area contributed by atoms with Crippen LogP contribution in [0.5, 0.6) is 0 Å². The summed E-state index contributed by atoms with van der Waals surface area (Å²) in [6.45, 7) is 8.74. The van der Waals surface area contributed by atoms with Crippen molar-refractivity contribution >= 4 is 17.5 Å². The molecule has 4 heteroatoms. The van der Waals surface area contributed by atoms with E-state index >= 15 is 0 Å². The molecule has 2 aliphatic rings. The van der Waals surface area contributed by atoms with Crippen LogP contribution in [0.4, 0.5) is 0 Å². The van der Waals surface area contributed by atoms with Crippen LogP contribution in [0.15, 0.2) is 24.3 Å². The fourth-order valence-electron chi connectivity index (χ4n) is 4.40. The Labute approximate surface area is 151 Å². The number of piperidine rings is 1. The van der Waals surface area contributed by atoms with Crippen molar-refractivity contribution < 1.29 is 4.79 Å². The van der Waals surface area contributed by atoms with Gasteiger partial charge in [0.1, 0.15) is 0 Å². The number of carbonyl (C=O) groups excluding carboxylic acids is 1. The van der Waals surface area contributed by atoms with Gasteiger partial charge in [-0.15, -0.1) is 0 Å². The van der Waals surface area contributed by atoms with E-state index in [1.165, 1.54) is 25.8 Å².